The van der Waals surface area contributed by atoms with Crippen molar-refractivity contribution in [1.29, 1.82) is 0 Å². The van der Waals surface area contributed by atoms with Gasteiger partial charge in [0, 0.05) is 16.5 Å². The van der Waals surface area contributed by atoms with Crippen LogP contribution in [-0.4, -0.2) is 26.3 Å². The fraction of sp³-hybridized carbons (Fsp3) is 0.318. The molecule has 0 bridgehead atoms. The largest absolute Gasteiger partial charge is 0.493 e. The number of aromatic nitrogens is 1. The zero-order valence-corrected chi connectivity index (χ0v) is 17.2. The molecule has 0 amide bonds. The molecule has 0 saturated carbocycles. The van der Waals surface area contributed by atoms with Crippen molar-refractivity contribution in [2.24, 2.45) is 0 Å². The summed E-state index contributed by atoms with van der Waals surface area (Å²) in [5, 5.41) is 3.15. The van der Waals surface area contributed by atoms with Gasteiger partial charge in [-0.15, -0.1) is 11.3 Å². The highest BCUT2D eigenvalue weighted by atomic mass is 32.1. The van der Waals surface area contributed by atoms with Crippen molar-refractivity contribution in [3.63, 3.8) is 0 Å². The summed E-state index contributed by atoms with van der Waals surface area (Å²) >= 11 is 1.67. The van der Waals surface area contributed by atoms with E-state index in [0.29, 0.717) is 0 Å². The number of hydrogen-bond acceptors (Lipinski definition) is 4. The third-order valence-electron chi connectivity index (χ3n) is 4.60. The molecular weight excluding hydrogens is 356 g/mol. The van der Waals surface area contributed by atoms with Gasteiger partial charge in [-0.25, -0.2) is 4.98 Å². The number of aryl methyl sites for hydroxylation is 1. The highest BCUT2D eigenvalue weighted by Gasteiger charge is 2.12. The predicted molar refractivity (Wildman–Crippen MR) is 111 cm³/mol. The Hall–Kier alpha value is -2.37. The maximum Gasteiger partial charge on any atom is 0.161 e. The van der Waals surface area contributed by atoms with Gasteiger partial charge in [-0.3, -0.25) is 0 Å². The van der Waals surface area contributed by atoms with Crippen molar-refractivity contribution in [2.45, 2.75) is 26.4 Å². The molecular formula is C22H27N2O2S+. The number of methoxy groups -OCH3 is 2. The third kappa shape index (κ3) is 4.87. The first-order valence-corrected chi connectivity index (χ1v) is 10.1. The van der Waals surface area contributed by atoms with Crippen LogP contribution < -0.4 is 14.4 Å². The molecule has 2 aromatic carbocycles. The van der Waals surface area contributed by atoms with E-state index in [0.717, 1.165) is 47.3 Å². The van der Waals surface area contributed by atoms with Gasteiger partial charge in [-0.1, -0.05) is 31.2 Å². The number of nitrogens with one attached hydrogen (secondary N) is 1. The van der Waals surface area contributed by atoms with Gasteiger partial charge in [0.15, 0.2) is 11.5 Å². The first kappa shape index (κ1) is 19.4. The number of benzene rings is 2. The van der Waals surface area contributed by atoms with Crippen LogP contribution in [0.5, 0.6) is 11.5 Å². The lowest BCUT2D eigenvalue weighted by molar-refractivity contribution is -0.908. The smallest absolute Gasteiger partial charge is 0.161 e. The number of rotatable bonds is 8. The number of ether oxygens (including phenoxy) is 2. The van der Waals surface area contributed by atoms with Crippen LogP contribution in [0.1, 0.15) is 23.7 Å². The predicted octanol–water partition coefficient (Wildman–Crippen LogP) is 3.60. The number of thiazole rings is 1. The summed E-state index contributed by atoms with van der Waals surface area (Å²) < 4.78 is 10.7. The first-order valence-electron chi connectivity index (χ1n) is 9.18. The van der Waals surface area contributed by atoms with Gasteiger partial charge < -0.3 is 14.4 Å². The maximum atomic E-state index is 5.40. The van der Waals surface area contributed by atoms with Gasteiger partial charge >= 0.3 is 0 Å². The molecule has 5 heteroatoms. The average molecular weight is 384 g/mol. The molecule has 1 aromatic heterocycles. The van der Waals surface area contributed by atoms with Crippen molar-refractivity contribution >= 4 is 11.3 Å². The van der Waals surface area contributed by atoms with E-state index in [1.54, 1.807) is 25.6 Å². The van der Waals surface area contributed by atoms with Gasteiger partial charge in [0.2, 0.25) is 0 Å². The van der Waals surface area contributed by atoms with Crippen LogP contribution in [0.4, 0.5) is 0 Å². The minimum absolute atomic E-state index is 0.727. The molecule has 27 heavy (non-hydrogen) atoms. The molecule has 1 unspecified atom stereocenters. The molecule has 1 atom stereocenters. The van der Waals surface area contributed by atoms with Crippen molar-refractivity contribution in [2.75, 3.05) is 21.3 Å². The lowest BCUT2D eigenvalue weighted by atomic mass is 10.1. The average Bonchev–Trinajstić information content (AvgIpc) is 3.16. The van der Waals surface area contributed by atoms with E-state index in [4.69, 9.17) is 14.5 Å². The van der Waals surface area contributed by atoms with Crippen molar-refractivity contribution < 1.29 is 14.4 Å². The van der Waals surface area contributed by atoms with Gasteiger partial charge in [0.05, 0.1) is 21.3 Å². The Labute approximate surface area is 165 Å². The normalized spacial score (nSPS) is 12.0. The summed E-state index contributed by atoms with van der Waals surface area (Å²) in [6.07, 6.45) is 1.08. The monoisotopic (exact) mass is 383 g/mol. The van der Waals surface area contributed by atoms with Crippen LogP contribution in [0, 0.1) is 0 Å². The SMILES string of the molecule is CCc1ccc(C[NH+](C)Cc2csc(-c3ccc(OC)c(OC)c3)n2)cc1. The summed E-state index contributed by atoms with van der Waals surface area (Å²) in [5.41, 5.74) is 4.92. The summed E-state index contributed by atoms with van der Waals surface area (Å²) in [5.74, 6) is 1.46. The van der Waals surface area contributed by atoms with Crippen LogP contribution in [-0.2, 0) is 19.5 Å². The highest BCUT2D eigenvalue weighted by molar-refractivity contribution is 7.13. The summed E-state index contributed by atoms with van der Waals surface area (Å²) in [6.45, 7) is 4.08. The summed E-state index contributed by atoms with van der Waals surface area (Å²) in [6, 6.07) is 14.8. The van der Waals surface area contributed by atoms with E-state index < -0.39 is 0 Å². The van der Waals surface area contributed by atoms with E-state index in [9.17, 15) is 0 Å². The van der Waals surface area contributed by atoms with E-state index in [2.05, 4.69) is 43.6 Å². The Bertz CT molecular complexity index is 874. The molecule has 0 aliphatic rings. The summed E-state index contributed by atoms with van der Waals surface area (Å²) in [4.78, 5) is 6.24. The standard InChI is InChI=1S/C22H26N2O2S/c1-5-16-6-8-17(9-7-16)13-24(2)14-19-15-27-22(23-19)18-10-11-20(25-3)21(12-18)26-4/h6-12,15H,5,13-14H2,1-4H3/p+1. The fourth-order valence-electron chi connectivity index (χ4n) is 3.10. The zero-order chi connectivity index (χ0) is 19.2. The molecule has 1 heterocycles. The molecule has 4 nitrogen and oxygen atoms in total. The second kappa shape index (κ2) is 9.02. The molecule has 3 aromatic rings. The fourth-order valence-corrected chi connectivity index (χ4v) is 3.92. The van der Waals surface area contributed by atoms with Crippen molar-refractivity contribution in [1.82, 2.24) is 4.98 Å². The lowest BCUT2D eigenvalue weighted by Crippen LogP contribution is -3.06. The van der Waals surface area contributed by atoms with Gasteiger partial charge in [0.1, 0.15) is 23.8 Å². The van der Waals surface area contributed by atoms with Crippen LogP contribution in [0.2, 0.25) is 0 Å². The number of quaternary nitrogens is 1. The molecule has 0 radical (unpaired) electrons. The van der Waals surface area contributed by atoms with E-state index in [1.807, 2.05) is 18.2 Å². The molecule has 0 saturated heterocycles. The summed E-state index contributed by atoms with van der Waals surface area (Å²) in [7, 11) is 5.51. The molecule has 0 aliphatic heterocycles. The van der Waals surface area contributed by atoms with Crippen LogP contribution in [0.3, 0.4) is 0 Å². The molecule has 0 aliphatic carbocycles. The first-order chi connectivity index (χ1) is 13.1. The number of nitrogens with zero attached hydrogens (tertiary/aromatic N) is 1. The van der Waals surface area contributed by atoms with Gasteiger partial charge in [-0.2, -0.15) is 0 Å². The molecule has 0 spiro atoms. The Morgan fingerprint density at radius 3 is 2.30 bits per heavy atom. The minimum Gasteiger partial charge on any atom is -0.493 e. The molecule has 0 fully saturated rings. The molecule has 142 valence electrons. The second-order valence-electron chi connectivity index (χ2n) is 6.69. The Morgan fingerprint density at radius 1 is 0.926 bits per heavy atom. The van der Waals surface area contributed by atoms with Gasteiger partial charge in [-0.05, 0) is 30.2 Å². The second-order valence-corrected chi connectivity index (χ2v) is 7.55. The van der Waals surface area contributed by atoms with E-state index in [1.165, 1.54) is 16.0 Å². The van der Waals surface area contributed by atoms with Crippen molar-refractivity contribution in [3.8, 4) is 22.1 Å². The Kier molecular flexibility index (Phi) is 6.48. The van der Waals surface area contributed by atoms with Gasteiger partial charge in [0.25, 0.3) is 0 Å². The zero-order valence-electron chi connectivity index (χ0n) is 16.4. The highest BCUT2D eigenvalue weighted by Crippen LogP contribution is 2.33. The van der Waals surface area contributed by atoms with Crippen LogP contribution in [0.25, 0.3) is 10.6 Å². The number of hydrogen-bond donors (Lipinski definition) is 1. The van der Waals surface area contributed by atoms with Crippen LogP contribution in [0.15, 0.2) is 47.8 Å². The molecule has 1 N–H and O–H groups in total. The van der Waals surface area contributed by atoms with E-state index >= 15 is 0 Å². The Morgan fingerprint density at radius 2 is 1.63 bits per heavy atom. The van der Waals surface area contributed by atoms with E-state index in [-0.39, 0.29) is 0 Å². The lowest BCUT2D eigenvalue weighted by Gasteiger charge is -2.13. The molecule has 3 rings (SSSR count). The minimum atomic E-state index is 0.727. The topological polar surface area (TPSA) is 35.8 Å². The van der Waals surface area contributed by atoms with Crippen molar-refractivity contribution in [3.05, 3.63) is 64.7 Å². The quantitative estimate of drug-likeness (QED) is 0.646. The maximum absolute atomic E-state index is 5.40. The third-order valence-corrected chi connectivity index (χ3v) is 5.54. The van der Waals surface area contributed by atoms with Crippen LogP contribution >= 0.6 is 11.3 Å². The Balaban J connectivity index is 1.66.